The van der Waals surface area contributed by atoms with E-state index in [1.807, 2.05) is 0 Å². The van der Waals surface area contributed by atoms with Crippen molar-refractivity contribution in [2.75, 3.05) is 13.2 Å². The number of carbonyl (C=O) groups is 1. The Hall–Kier alpha value is -0.480. The summed E-state index contributed by atoms with van der Waals surface area (Å²) in [5.41, 5.74) is 4.86. The van der Waals surface area contributed by atoms with Crippen molar-refractivity contribution in [2.45, 2.75) is 18.9 Å². The summed E-state index contributed by atoms with van der Waals surface area (Å²) in [4.78, 5) is 10.2. The second kappa shape index (κ2) is 5.21. The molecule has 1 unspecified atom stereocenters. The third kappa shape index (κ3) is 4.06. The zero-order valence-corrected chi connectivity index (χ0v) is 7.02. The highest BCUT2D eigenvalue weighted by Gasteiger charge is 2.14. The van der Waals surface area contributed by atoms with Gasteiger partial charge in [-0.2, -0.15) is 0 Å². The van der Waals surface area contributed by atoms with Gasteiger partial charge in [0.1, 0.15) is 0 Å². The quantitative estimate of drug-likeness (QED) is 0.640. The second-order valence-corrected chi connectivity index (χ2v) is 2.38. The van der Waals surface area contributed by atoms with Crippen LogP contribution in [0.25, 0.3) is 0 Å². The molecular weight excluding hydrogens is 168 g/mol. The largest absolute Gasteiger partial charge is 0.376 e. The van der Waals surface area contributed by atoms with E-state index < -0.39 is 6.03 Å². The molecule has 66 valence electrons. The SMILES string of the molecule is Cl.NC(=O)NCC1CCCO1. The van der Waals surface area contributed by atoms with Crippen LogP contribution >= 0.6 is 12.4 Å². The number of hydrogen-bond acceptors (Lipinski definition) is 2. The van der Waals surface area contributed by atoms with Crippen LogP contribution in [0.5, 0.6) is 0 Å². The molecule has 1 aliphatic heterocycles. The number of primary amides is 1. The molecule has 0 spiro atoms. The highest BCUT2D eigenvalue weighted by molar-refractivity contribution is 5.85. The van der Waals surface area contributed by atoms with Crippen LogP contribution in [0.4, 0.5) is 4.79 Å². The fraction of sp³-hybridized carbons (Fsp3) is 0.833. The maximum atomic E-state index is 10.2. The van der Waals surface area contributed by atoms with Crippen molar-refractivity contribution in [2.24, 2.45) is 5.73 Å². The van der Waals surface area contributed by atoms with Gasteiger partial charge in [0.05, 0.1) is 6.10 Å². The Morgan fingerprint density at radius 1 is 1.73 bits per heavy atom. The van der Waals surface area contributed by atoms with Crippen LogP contribution in [-0.2, 0) is 4.74 Å². The Kier molecular flexibility index (Phi) is 4.98. The molecule has 1 atom stereocenters. The van der Waals surface area contributed by atoms with E-state index in [0.717, 1.165) is 19.4 Å². The van der Waals surface area contributed by atoms with Crippen molar-refractivity contribution >= 4 is 18.4 Å². The zero-order valence-electron chi connectivity index (χ0n) is 6.21. The highest BCUT2D eigenvalue weighted by Crippen LogP contribution is 2.10. The van der Waals surface area contributed by atoms with Gasteiger partial charge in [-0.3, -0.25) is 0 Å². The van der Waals surface area contributed by atoms with E-state index in [2.05, 4.69) is 5.32 Å². The molecule has 0 bridgehead atoms. The van der Waals surface area contributed by atoms with Crippen molar-refractivity contribution in [1.82, 2.24) is 5.32 Å². The molecule has 1 aliphatic rings. The molecule has 0 aliphatic carbocycles. The summed E-state index contributed by atoms with van der Waals surface area (Å²) in [7, 11) is 0. The van der Waals surface area contributed by atoms with Gasteiger partial charge in [0.25, 0.3) is 0 Å². The molecule has 1 rings (SSSR count). The second-order valence-electron chi connectivity index (χ2n) is 2.38. The molecule has 1 fully saturated rings. The average Bonchev–Trinajstić information content (AvgIpc) is 2.34. The minimum Gasteiger partial charge on any atom is -0.376 e. The molecule has 0 aromatic rings. The first-order valence-electron chi connectivity index (χ1n) is 3.44. The van der Waals surface area contributed by atoms with E-state index >= 15 is 0 Å². The van der Waals surface area contributed by atoms with E-state index in [1.54, 1.807) is 0 Å². The number of carbonyl (C=O) groups excluding carboxylic acids is 1. The van der Waals surface area contributed by atoms with Crippen molar-refractivity contribution in [3.63, 3.8) is 0 Å². The summed E-state index contributed by atoms with van der Waals surface area (Å²) in [5.74, 6) is 0. The standard InChI is InChI=1S/C6H12N2O2.ClH/c7-6(9)8-4-5-2-1-3-10-5;/h5H,1-4H2,(H3,7,8,9);1H. The zero-order chi connectivity index (χ0) is 7.40. The molecule has 0 radical (unpaired) electrons. The number of rotatable bonds is 2. The number of halogens is 1. The van der Waals surface area contributed by atoms with Gasteiger partial charge in [-0.15, -0.1) is 12.4 Å². The van der Waals surface area contributed by atoms with Crippen LogP contribution in [-0.4, -0.2) is 25.3 Å². The summed E-state index contributed by atoms with van der Waals surface area (Å²) in [6.45, 7) is 1.36. The van der Waals surface area contributed by atoms with Gasteiger partial charge in [0.15, 0.2) is 0 Å². The fourth-order valence-corrected chi connectivity index (χ4v) is 1.02. The summed E-state index contributed by atoms with van der Waals surface area (Å²) in [6.07, 6.45) is 2.30. The number of nitrogens with one attached hydrogen (secondary N) is 1. The molecule has 1 saturated heterocycles. The lowest BCUT2D eigenvalue weighted by atomic mass is 10.2. The van der Waals surface area contributed by atoms with Crippen molar-refractivity contribution in [1.29, 1.82) is 0 Å². The minimum absolute atomic E-state index is 0. The molecule has 4 nitrogen and oxygen atoms in total. The Labute approximate surface area is 71.9 Å². The topological polar surface area (TPSA) is 64.4 Å². The first-order chi connectivity index (χ1) is 4.79. The number of amides is 2. The molecule has 1 heterocycles. The summed E-state index contributed by atoms with van der Waals surface area (Å²) >= 11 is 0. The van der Waals surface area contributed by atoms with Crippen LogP contribution in [0, 0.1) is 0 Å². The lowest BCUT2D eigenvalue weighted by Gasteiger charge is -2.07. The normalized spacial score (nSPS) is 22.4. The fourth-order valence-electron chi connectivity index (χ4n) is 1.02. The average molecular weight is 181 g/mol. The lowest BCUT2D eigenvalue weighted by molar-refractivity contribution is 0.112. The van der Waals surface area contributed by atoms with E-state index in [1.165, 1.54) is 0 Å². The molecule has 0 aromatic heterocycles. The Bertz CT molecular complexity index is 126. The molecular formula is C6H13ClN2O2. The van der Waals surface area contributed by atoms with Crippen LogP contribution in [0.3, 0.4) is 0 Å². The van der Waals surface area contributed by atoms with Gasteiger partial charge in [-0.05, 0) is 12.8 Å². The van der Waals surface area contributed by atoms with Gasteiger partial charge < -0.3 is 15.8 Å². The van der Waals surface area contributed by atoms with Gasteiger partial charge in [-0.1, -0.05) is 0 Å². The third-order valence-corrected chi connectivity index (χ3v) is 1.53. The Morgan fingerprint density at radius 3 is 2.91 bits per heavy atom. The van der Waals surface area contributed by atoms with Crippen molar-refractivity contribution in [3.05, 3.63) is 0 Å². The summed E-state index contributed by atoms with van der Waals surface area (Å²) < 4.78 is 5.23. The maximum Gasteiger partial charge on any atom is 0.312 e. The number of urea groups is 1. The Morgan fingerprint density at radius 2 is 2.45 bits per heavy atom. The molecule has 3 N–H and O–H groups in total. The van der Waals surface area contributed by atoms with E-state index in [0.29, 0.717) is 6.54 Å². The molecule has 0 saturated carbocycles. The number of ether oxygens (including phenoxy) is 1. The predicted molar refractivity (Wildman–Crippen MR) is 43.8 cm³/mol. The number of nitrogens with two attached hydrogens (primary N) is 1. The molecule has 5 heteroatoms. The lowest BCUT2D eigenvalue weighted by Crippen LogP contribution is -2.35. The van der Waals surface area contributed by atoms with E-state index in [-0.39, 0.29) is 18.5 Å². The smallest absolute Gasteiger partial charge is 0.312 e. The highest BCUT2D eigenvalue weighted by atomic mass is 35.5. The van der Waals surface area contributed by atoms with Gasteiger partial charge in [0.2, 0.25) is 0 Å². The van der Waals surface area contributed by atoms with Crippen molar-refractivity contribution in [3.8, 4) is 0 Å². The Balaban J connectivity index is 0.000001000. The minimum atomic E-state index is -0.476. The molecule has 0 aromatic carbocycles. The van der Waals surface area contributed by atoms with Gasteiger partial charge >= 0.3 is 6.03 Å². The molecule has 2 amide bonds. The van der Waals surface area contributed by atoms with Crippen LogP contribution in [0.2, 0.25) is 0 Å². The first-order valence-corrected chi connectivity index (χ1v) is 3.44. The monoisotopic (exact) mass is 180 g/mol. The van der Waals surface area contributed by atoms with Crippen LogP contribution in [0.1, 0.15) is 12.8 Å². The van der Waals surface area contributed by atoms with Gasteiger partial charge in [0, 0.05) is 13.2 Å². The predicted octanol–water partition coefficient (Wildman–Crippen LogP) is 0.256. The first kappa shape index (κ1) is 10.5. The molecule has 11 heavy (non-hydrogen) atoms. The summed E-state index contributed by atoms with van der Waals surface area (Å²) in [5, 5.41) is 2.50. The van der Waals surface area contributed by atoms with Crippen LogP contribution < -0.4 is 11.1 Å². The number of hydrogen-bond donors (Lipinski definition) is 2. The maximum absolute atomic E-state index is 10.2. The third-order valence-electron chi connectivity index (χ3n) is 1.53. The van der Waals surface area contributed by atoms with Gasteiger partial charge in [-0.25, -0.2) is 4.79 Å². The van der Waals surface area contributed by atoms with E-state index in [4.69, 9.17) is 10.5 Å². The van der Waals surface area contributed by atoms with Crippen LogP contribution in [0.15, 0.2) is 0 Å². The van der Waals surface area contributed by atoms with Crippen molar-refractivity contribution < 1.29 is 9.53 Å². The van der Waals surface area contributed by atoms with E-state index in [9.17, 15) is 4.79 Å². The summed E-state index contributed by atoms with van der Waals surface area (Å²) in [6, 6.07) is -0.476.